The molecule has 0 radical (unpaired) electrons. The molecule has 1 aromatic rings. The van der Waals surface area contributed by atoms with Gasteiger partial charge in [-0.15, -0.1) is 0 Å². The number of halogens is 1. The largest absolute Gasteiger partial charge is 0.483 e. The lowest BCUT2D eigenvalue weighted by atomic mass is 10.1. The Labute approximate surface area is 146 Å². The molecular weight excluding hydrogens is 332 g/mol. The third-order valence-corrected chi connectivity index (χ3v) is 4.82. The number of benzene rings is 1. The molecule has 0 aromatic heterocycles. The number of ether oxygens (including phenoxy) is 2. The van der Waals surface area contributed by atoms with Crippen LogP contribution in [0.3, 0.4) is 0 Å². The Kier molecular flexibility index (Phi) is 4.96. The molecule has 2 aliphatic rings. The van der Waals surface area contributed by atoms with Crippen molar-refractivity contribution in [3.8, 4) is 5.75 Å². The minimum absolute atomic E-state index is 0.0438. The third-order valence-electron chi connectivity index (χ3n) is 4.59. The SMILES string of the molecule is Cc1cc(Cl)ccc1OCC(=O)N1C[C@@H]2COC[C@H](C1)N(C)C2=O. The van der Waals surface area contributed by atoms with Gasteiger partial charge in [0.1, 0.15) is 5.75 Å². The highest BCUT2D eigenvalue weighted by Gasteiger charge is 2.38. The van der Waals surface area contributed by atoms with Crippen LogP contribution >= 0.6 is 11.6 Å². The maximum Gasteiger partial charge on any atom is 0.260 e. The van der Waals surface area contributed by atoms with Crippen LogP contribution in [0.25, 0.3) is 0 Å². The Balaban J connectivity index is 1.66. The fourth-order valence-electron chi connectivity index (χ4n) is 3.11. The average Bonchev–Trinajstić information content (AvgIpc) is 2.71. The smallest absolute Gasteiger partial charge is 0.260 e. The molecule has 2 fully saturated rings. The lowest BCUT2D eigenvalue weighted by Crippen LogP contribution is -2.46. The molecule has 1 aromatic carbocycles. The Morgan fingerprint density at radius 1 is 1.38 bits per heavy atom. The highest BCUT2D eigenvalue weighted by molar-refractivity contribution is 6.30. The monoisotopic (exact) mass is 352 g/mol. The number of aryl methyl sites for hydroxylation is 1. The van der Waals surface area contributed by atoms with Crippen molar-refractivity contribution in [3.05, 3.63) is 28.8 Å². The highest BCUT2D eigenvalue weighted by Crippen LogP contribution is 2.23. The van der Waals surface area contributed by atoms with Crippen LogP contribution in [0.5, 0.6) is 5.75 Å². The van der Waals surface area contributed by atoms with E-state index in [2.05, 4.69) is 0 Å². The molecule has 0 unspecified atom stereocenters. The lowest BCUT2D eigenvalue weighted by Gasteiger charge is -2.29. The van der Waals surface area contributed by atoms with E-state index in [-0.39, 0.29) is 30.4 Å². The molecule has 0 aliphatic carbocycles. The number of likely N-dealkylation sites (N-methyl/N-ethyl adjacent to an activating group) is 1. The van der Waals surface area contributed by atoms with E-state index in [1.165, 1.54) is 0 Å². The molecule has 0 spiro atoms. The summed E-state index contributed by atoms with van der Waals surface area (Å²) in [6, 6.07) is 5.18. The molecule has 130 valence electrons. The zero-order chi connectivity index (χ0) is 17.3. The molecule has 24 heavy (non-hydrogen) atoms. The number of nitrogens with zero attached hydrogens (tertiary/aromatic N) is 2. The summed E-state index contributed by atoms with van der Waals surface area (Å²) < 4.78 is 11.2. The molecular formula is C17H21ClN2O4. The Bertz CT molecular complexity index is 651. The average molecular weight is 353 g/mol. The molecule has 6 nitrogen and oxygen atoms in total. The number of hydrogen-bond donors (Lipinski definition) is 0. The van der Waals surface area contributed by atoms with E-state index in [1.807, 2.05) is 6.92 Å². The number of carbonyl (C=O) groups excluding carboxylic acids is 2. The quantitative estimate of drug-likeness (QED) is 0.823. The number of carbonyl (C=O) groups is 2. The Hall–Kier alpha value is -1.79. The van der Waals surface area contributed by atoms with Crippen LogP contribution < -0.4 is 4.74 Å². The van der Waals surface area contributed by atoms with E-state index in [9.17, 15) is 9.59 Å². The lowest BCUT2D eigenvalue weighted by molar-refractivity contribution is -0.135. The second kappa shape index (κ2) is 6.99. The maximum absolute atomic E-state index is 12.6. The summed E-state index contributed by atoms with van der Waals surface area (Å²) in [5.74, 6) is 0.259. The van der Waals surface area contributed by atoms with E-state index < -0.39 is 0 Å². The minimum Gasteiger partial charge on any atom is -0.483 e. The highest BCUT2D eigenvalue weighted by atomic mass is 35.5. The van der Waals surface area contributed by atoms with E-state index >= 15 is 0 Å². The van der Waals surface area contributed by atoms with Crippen LogP contribution in [-0.4, -0.2) is 67.6 Å². The summed E-state index contributed by atoms with van der Waals surface area (Å²) in [5.41, 5.74) is 0.881. The Morgan fingerprint density at radius 2 is 2.17 bits per heavy atom. The van der Waals surface area contributed by atoms with Crippen molar-refractivity contribution in [1.29, 1.82) is 0 Å². The topological polar surface area (TPSA) is 59.1 Å². The summed E-state index contributed by atoms with van der Waals surface area (Å²) in [6.07, 6.45) is 0. The van der Waals surface area contributed by atoms with E-state index in [0.717, 1.165) is 5.56 Å². The van der Waals surface area contributed by atoms with Crippen LogP contribution in [0.15, 0.2) is 18.2 Å². The minimum atomic E-state index is -0.302. The summed E-state index contributed by atoms with van der Waals surface area (Å²) in [5, 5.41) is 0.632. The van der Waals surface area contributed by atoms with Crippen LogP contribution in [0.2, 0.25) is 5.02 Å². The van der Waals surface area contributed by atoms with Gasteiger partial charge < -0.3 is 19.3 Å². The van der Waals surface area contributed by atoms with E-state index in [0.29, 0.717) is 37.1 Å². The van der Waals surface area contributed by atoms with Crippen LogP contribution in [0, 0.1) is 12.8 Å². The zero-order valence-electron chi connectivity index (χ0n) is 13.8. The molecule has 2 aliphatic heterocycles. The standard InChI is InChI=1S/C17H21ClN2O4/c1-11-5-13(18)3-4-15(11)24-10-16(21)20-6-12-8-23-9-14(7-20)19(2)17(12)22/h3-5,12,14H,6-10H2,1-2H3/t12-,14+/m1/s1. The number of hydrogen-bond acceptors (Lipinski definition) is 4. The van der Waals surface area contributed by atoms with Gasteiger partial charge in [-0.3, -0.25) is 9.59 Å². The fourth-order valence-corrected chi connectivity index (χ4v) is 3.33. The number of fused-ring (bicyclic) bond motifs is 3. The van der Waals surface area contributed by atoms with Crippen molar-refractivity contribution in [2.24, 2.45) is 5.92 Å². The van der Waals surface area contributed by atoms with Crippen molar-refractivity contribution < 1.29 is 19.1 Å². The van der Waals surface area contributed by atoms with Crippen molar-refractivity contribution in [2.45, 2.75) is 13.0 Å². The summed E-state index contributed by atoms with van der Waals surface area (Å²) in [6.45, 7) is 3.50. The molecule has 2 saturated heterocycles. The van der Waals surface area contributed by atoms with Gasteiger partial charge in [-0.25, -0.2) is 0 Å². The maximum atomic E-state index is 12.6. The molecule has 2 atom stereocenters. The number of rotatable bonds is 3. The second-order valence-corrected chi connectivity index (χ2v) is 6.77. The van der Waals surface area contributed by atoms with Crippen LogP contribution in [0.1, 0.15) is 5.56 Å². The predicted octanol–water partition coefficient (Wildman–Crippen LogP) is 1.34. The molecule has 0 saturated carbocycles. The van der Waals surface area contributed by atoms with Crippen LogP contribution in [-0.2, 0) is 14.3 Å². The van der Waals surface area contributed by atoms with Gasteiger partial charge >= 0.3 is 0 Å². The summed E-state index contributed by atoms with van der Waals surface area (Å²) in [7, 11) is 1.77. The first-order valence-corrected chi connectivity index (χ1v) is 8.34. The number of amides is 2. The van der Waals surface area contributed by atoms with E-state index in [1.54, 1.807) is 35.0 Å². The van der Waals surface area contributed by atoms with Gasteiger partial charge in [-0.05, 0) is 30.7 Å². The van der Waals surface area contributed by atoms with Gasteiger partial charge in [0.05, 0.1) is 25.2 Å². The first-order chi connectivity index (χ1) is 11.5. The molecule has 2 bridgehead atoms. The van der Waals surface area contributed by atoms with Gasteiger partial charge in [0.2, 0.25) is 5.91 Å². The first kappa shape index (κ1) is 17.0. The second-order valence-electron chi connectivity index (χ2n) is 6.33. The van der Waals surface area contributed by atoms with Gasteiger partial charge in [0.25, 0.3) is 5.91 Å². The van der Waals surface area contributed by atoms with Gasteiger partial charge in [0.15, 0.2) is 6.61 Å². The summed E-state index contributed by atoms with van der Waals surface area (Å²) in [4.78, 5) is 28.3. The predicted molar refractivity (Wildman–Crippen MR) is 89.1 cm³/mol. The van der Waals surface area contributed by atoms with E-state index in [4.69, 9.17) is 21.1 Å². The Morgan fingerprint density at radius 3 is 2.92 bits per heavy atom. The summed E-state index contributed by atoms with van der Waals surface area (Å²) >= 11 is 5.92. The fraction of sp³-hybridized carbons (Fsp3) is 0.529. The zero-order valence-corrected chi connectivity index (χ0v) is 14.6. The molecule has 7 heteroatoms. The normalized spacial score (nSPS) is 23.9. The van der Waals surface area contributed by atoms with Crippen molar-refractivity contribution >= 4 is 23.4 Å². The first-order valence-electron chi connectivity index (χ1n) is 7.97. The molecule has 2 heterocycles. The van der Waals surface area contributed by atoms with Crippen molar-refractivity contribution in [1.82, 2.24) is 9.80 Å². The van der Waals surface area contributed by atoms with Gasteiger partial charge in [-0.2, -0.15) is 0 Å². The van der Waals surface area contributed by atoms with Crippen LogP contribution in [0.4, 0.5) is 0 Å². The molecule has 3 rings (SSSR count). The molecule has 0 N–H and O–H groups in total. The van der Waals surface area contributed by atoms with Crippen molar-refractivity contribution in [3.63, 3.8) is 0 Å². The molecule has 2 amide bonds. The van der Waals surface area contributed by atoms with Gasteiger partial charge in [0, 0.05) is 25.2 Å². The van der Waals surface area contributed by atoms with Gasteiger partial charge in [-0.1, -0.05) is 11.6 Å². The third kappa shape index (κ3) is 3.49. The van der Waals surface area contributed by atoms with Crippen molar-refractivity contribution in [2.75, 3.05) is 40.0 Å².